The van der Waals surface area contributed by atoms with E-state index in [0.29, 0.717) is 0 Å². The van der Waals surface area contributed by atoms with Crippen LogP contribution in [-0.4, -0.2) is 34.7 Å². The number of para-hydroxylation sites is 2. The zero-order valence-corrected chi connectivity index (χ0v) is 15.6. The fourth-order valence-corrected chi connectivity index (χ4v) is 3.40. The number of nitrogens with zero attached hydrogens (tertiary/aromatic N) is 3. The second-order valence-electron chi connectivity index (χ2n) is 6.75. The summed E-state index contributed by atoms with van der Waals surface area (Å²) in [7, 11) is 0. The number of nitrogens with one attached hydrogen (secondary N) is 2. The van der Waals surface area contributed by atoms with Crippen molar-refractivity contribution in [3.63, 3.8) is 0 Å². The van der Waals surface area contributed by atoms with Crippen LogP contribution < -0.4 is 15.8 Å². The number of hydrogen-bond donors (Lipinski definition) is 2. The van der Waals surface area contributed by atoms with Gasteiger partial charge in [0, 0.05) is 18.4 Å². The largest absolute Gasteiger partial charge is 0.362 e. The molecule has 0 spiro atoms. The molecule has 0 saturated carbocycles. The van der Waals surface area contributed by atoms with E-state index < -0.39 is 11.7 Å². The molecule has 7 nitrogen and oxygen atoms in total. The third-order valence-electron chi connectivity index (χ3n) is 4.78. The minimum atomic E-state index is -0.576. The first kappa shape index (κ1) is 18.7. The summed E-state index contributed by atoms with van der Waals surface area (Å²) >= 11 is 0. The first-order valence-electron chi connectivity index (χ1n) is 9.34. The van der Waals surface area contributed by atoms with Crippen LogP contribution in [-0.2, 0) is 11.2 Å². The van der Waals surface area contributed by atoms with Crippen LogP contribution in [0.3, 0.4) is 0 Å². The second kappa shape index (κ2) is 8.14. The molecule has 8 heteroatoms. The Morgan fingerprint density at radius 1 is 1.00 bits per heavy atom. The van der Waals surface area contributed by atoms with Crippen molar-refractivity contribution in [3.05, 3.63) is 77.9 Å². The van der Waals surface area contributed by atoms with Crippen molar-refractivity contribution >= 4 is 17.5 Å². The number of rotatable bonds is 4. The number of benzene rings is 2. The van der Waals surface area contributed by atoms with Gasteiger partial charge in [-0.25, -0.2) is 9.07 Å². The minimum absolute atomic E-state index is 0.0665. The van der Waals surface area contributed by atoms with Gasteiger partial charge in [0.25, 0.3) is 11.8 Å². The number of aryl methyl sites for hydroxylation is 1. The van der Waals surface area contributed by atoms with Gasteiger partial charge in [0.05, 0.1) is 6.54 Å². The van der Waals surface area contributed by atoms with Gasteiger partial charge in [-0.15, -0.1) is 0 Å². The molecule has 2 aromatic carbocycles. The van der Waals surface area contributed by atoms with Gasteiger partial charge in [0.15, 0.2) is 5.69 Å². The number of aromatic nitrogens is 2. The van der Waals surface area contributed by atoms with Gasteiger partial charge in [-0.1, -0.05) is 30.3 Å². The summed E-state index contributed by atoms with van der Waals surface area (Å²) in [5.74, 6) is -1.35. The topological polar surface area (TPSA) is 79.3 Å². The Balaban J connectivity index is 1.35. The van der Waals surface area contributed by atoms with E-state index in [-0.39, 0.29) is 23.8 Å². The molecule has 1 aliphatic heterocycles. The van der Waals surface area contributed by atoms with E-state index in [1.165, 1.54) is 28.6 Å². The first-order valence-corrected chi connectivity index (χ1v) is 9.34. The lowest BCUT2D eigenvalue weighted by Gasteiger charge is -2.30. The van der Waals surface area contributed by atoms with Gasteiger partial charge in [0.1, 0.15) is 11.5 Å². The van der Waals surface area contributed by atoms with E-state index in [1.54, 1.807) is 18.2 Å². The molecule has 1 aliphatic rings. The second-order valence-corrected chi connectivity index (χ2v) is 6.75. The smallest absolute Gasteiger partial charge is 0.290 e. The Hall–Kier alpha value is -3.68. The normalized spacial score (nSPS) is 12.9. The highest BCUT2D eigenvalue weighted by molar-refractivity contribution is 5.94. The average Bonchev–Trinajstić information content (AvgIpc) is 3.23. The number of anilines is 1. The van der Waals surface area contributed by atoms with Crippen LogP contribution in [0.4, 0.5) is 10.1 Å². The molecule has 2 amide bonds. The number of hydrogen-bond acceptors (Lipinski definition) is 4. The highest BCUT2D eigenvalue weighted by Crippen LogP contribution is 2.26. The molecule has 0 radical (unpaired) electrons. The summed E-state index contributed by atoms with van der Waals surface area (Å²) in [6, 6.07) is 15.6. The Labute approximate surface area is 167 Å². The predicted molar refractivity (Wildman–Crippen MR) is 106 cm³/mol. The number of amides is 2. The maximum Gasteiger partial charge on any atom is 0.290 e. The van der Waals surface area contributed by atoms with Gasteiger partial charge in [-0.2, -0.15) is 5.10 Å². The number of carbonyl (C=O) groups excluding carboxylic acids is 2. The van der Waals surface area contributed by atoms with Crippen molar-refractivity contribution in [1.29, 1.82) is 0 Å². The zero-order chi connectivity index (χ0) is 20.2. The van der Waals surface area contributed by atoms with E-state index in [0.717, 1.165) is 25.1 Å². The highest BCUT2D eigenvalue weighted by Gasteiger charge is 2.19. The molecule has 0 atom stereocenters. The van der Waals surface area contributed by atoms with E-state index in [2.05, 4.69) is 22.0 Å². The van der Waals surface area contributed by atoms with Crippen LogP contribution in [0, 0.1) is 5.82 Å². The lowest BCUT2D eigenvalue weighted by Crippen LogP contribution is -2.47. The van der Waals surface area contributed by atoms with Gasteiger partial charge in [-0.3, -0.25) is 20.4 Å². The van der Waals surface area contributed by atoms with Gasteiger partial charge in [0.2, 0.25) is 0 Å². The number of halogens is 1. The van der Waals surface area contributed by atoms with Crippen molar-refractivity contribution in [2.45, 2.75) is 12.8 Å². The zero-order valence-electron chi connectivity index (χ0n) is 15.6. The minimum Gasteiger partial charge on any atom is -0.362 e. The Bertz CT molecular complexity index is 1050. The third-order valence-corrected chi connectivity index (χ3v) is 4.78. The quantitative estimate of drug-likeness (QED) is 0.667. The van der Waals surface area contributed by atoms with Crippen molar-refractivity contribution in [2.75, 3.05) is 18.0 Å². The van der Waals surface area contributed by atoms with Crippen molar-refractivity contribution in [1.82, 2.24) is 20.6 Å². The van der Waals surface area contributed by atoms with Crippen molar-refractivity contribution < 1.29 is 14.0 Å². The van der Waals surface area contributed by atoms with E-state index in [9.17, 15) is 14.0 Å². The molecule has 0 fully saturated rings. The molecular formula is C21H20FN5O2. The molecule has 0 bridgehead atoms. The molecular weight excluding hydrogens is 373 g/mol. The molecule has 3 aromatic rings. The van der Waals surface area contributed by atoms with Crippen LogP contribution in [0.5, 0.6) is 0 Å². The average molecular weight is 393 g/mol. The van der Waals surface area contributed by atoms with E-state index in [4.69, 9.17) is 0 Å². The molecule has 4 rings (SSSR count). The molecule has 2 N–H and O–H groups in total. The maximum atomic E-state index is 13.8. The highest BCUT2D eigenvalue weighted by atomic mass is 19.1. The van der Waals surface area contributed by atoms with Gasteiger partial charge in [-0.05, 0) is 42.7 Å². The molecule has 29 heavy (non-hydrogen) atoms. The fourth-order valence-electron chi connectivity index (χ4n) is 3.40. The Morgan fingerprint density at radius 2 is 1.76 bits per heavy atom. The molecule has 148 valence electrons. The van der Waals surface area contributed by atoms with E-state index >= 15 is 0 Å². The van der Waals surface area contributed by atoms with Crippen LogP contribution in [0.25, 0.3) is 5.69 Å². The lowest BCUT2D eigenvalue weighted by atomic mass is 10.0. The van der Waals surface area contributed by atoms with Crippen molar-refractivity contribution in [3.8, 4) is 5.69 Å². The standard InChI is InChI=1S/C21H20FN5O2/c22-16-8-2-4-10-19(16)27-13-11-17(25-27)21(29)24-23-20(28)14-26-12-5-7-15-6-1-3-9-18(15)26/h1-4,6,8-11,13H,5,7,12,14H2,(H,23,28)(H,24,29). The van der Waals surface area contributed by atoms with Crippen LogP contribution in [0.2, 0.25) is 0 Å². The maximum absolute atomic E-state index is 13.8. The predicted octanol–water partition coefficient (Wildman–Crippen LogP) is 2.23. The summed E-state index contributed by atoms with van der Waals surface area (Å²) in [5.41, 5.74) is 7.34. The van der Waals surface area contributed by atoms with E-state index in [1.807, 2.05) is 23.1 Å². The number of hydrazine groups is 1. The molecule has 0 saturated heterocycles. The van der Waals surface area contributed by atoms with Crippen LogP contribution in [0.15, 0.2) is 60.8 Å². The van der Waals surface area contributed by atoms with Gasteiger partial charge < -0.3 is 4.90 Å². The molecule has 1 aromatic heterocycles. The summed E-state index contributed by atoms with van der Waals surface area (Å²) in [5, 5.41) is 4.07. The number of fused-ring (bicyclic) bond motifs is 1. The summed E-state index contributed by atoms with van der Waals surface area (Å²) < 4.78 is 15.1. The Morgan fingerprint density at radius 3 is 2.59 bits per heavy atom. The molecule has 0 aliphatic carbocycles. The molecule has 2 heterocycles. The summed E-state index contributed by atoms with van der Waals surface area (Å²) in [4.78, 5) is 26.5. The number of carbonyl (C=O) groups is 2. The van der Waals surface area contributed by atoms with Crippen molar-refractivity contribution in [2.24, 2.45) is 0 Å². The first-order chi connectivity index (χ1) is 14.1. The van der Waals surface area contributed by atoms with Gasteiger partial charge >= 0.3 is 0 Å². The Kier molecular flexibility index (Phi) is 5.24. The van der Waals surface area contributed by atoms with Crippen LogP contribution in [0.1, 0.15) is 22.5 Å². The SMILES string of the molecule is O=C(CN1CCCc2ccccc21)NNC(=O)c1ccn(-c2ccccc2F)n1. The van der Waals surface area contributed by atoms with Crippen LogP contribution >= 0.6 is 0 Å². The monoisotopic (exact) mass is 393 g/mol. The summed E-state index contributed by atoms with van der Waals surface area (Å²) in [6.45, 7) is 0.923. The third kappa shape index (κ3) is 4.11. The lowest BCUT2D eigenvalue weighted by molar-refractivity contribution is -0.120. The summed E-state index contributed by atoms with van der Waals surface area (Å²) in [6.07, 6.45) is 3.46. The molecule has 0 unspecified atom stereocenters. The fraction of sp³-hybridized carbons (Fsp3) is 0.190.